The zero-order valence-corrected chi connectivity index (χ0v) is 4.14. The Balaban J connectivity index is -0.0000000450. The van der Waals surface area contributed by atoms with E-state index in [9.17, 15) is 0 Å². The molecule has 0 aliphatic carbocycles. The molecule has 0 saturated heterocycles. The summed E-state index contributed by atoms with van der Waals surface area (Å²) in [5.74, 6) is 0. The molecular weight excluding hydrogens is 184 g/mol. The Morgan fingerprint density at radius 1 is 1.00 bits per heavy atom. The van der Waals surface area contributed by atoms with Crippen LogP contribution in [0.1, 0.15) is 0 Å². The van der Waals surface area contributed by atoms with Gasteiger partial charge in [-0.1, -0.05) is 0 Å². The van der Waals surface area contributed by atoms with Crippen molar-refractivity contribution in [2.24, 2.45) is 0 Å². The molecule has 6 heavy (non-hydrogen) atoms. The van der Waals surface area contributed by atoms with Gasteiger partial charge in [-0.2, -0.15) is 0 Å². The Morgan fingerprint density at radius 2 is 1.00 bits per heavy atom. The second kappa shape index (κ2) is 9.26. The molecular formula is H4MgMoO4. The van der Waals surface area contributed by atoms with Crippen LogP contribution >= 0.6 is 0 Å². The maximum atomic E-state index is 8.59. The van der Waals surface area contributed by atoms with Crippen LogP contribution in [0.3, 0.4) is 0 Å². The number of hydrogen-bond donors (Lipinski definition) is 0. The summed E-state index contributed by atoms with van der Waals surface area (Å²) in [7, 11) is 0. The SMILES string of the molecule is O.[MgH2].[O]=[Mo](=[O])=[O]. The molecule has 0 rings (SSSR count). The molecule has 0 aliphatic heterocycles. The van der Waals surface area contributed by atoms with Crippen LogP contribution in [0.15, 0.2) is 0 Å². The van der Waals surface area contributed by atoms with Gasteiger partial charge >= 0.3 is 50.4 Å². The van der Waals surface area contributed by atoms with Gasteiger partial charge in [0, 0.05) is 0 Å². The molecule has 0 aliphatic rings. The minimum atomic E-state index is -4.11. The second-order valence-corrected chi connectivity index (χ2v) is 1.21. The van der Waals surface area contributed by atoms with Gasteiger partial charge in [0.15, 0.2) is 0 Å². The molecule has 4 nitrogen and oxygen atoms in total. The molecule has 0 unspecified atom stereocenters. The van der Waals surface area contributed by atoms with Crippen molar-refractivity contribution in [3.63, 3.8) is 0 Å². The Kier molecular flexibility index (Phi) is 24.4. The van der Waals surface area contributed by atoms with Gasteiger partial charge in [0.05, 0.1) is 0 Å². The third-order valence-electron chi connectivity index (χ3n) is 0. The van der Waals surface area contributed by atoms with E-state index in [0.717, 1.165) is 0 Å². The molecule has 0 spiro atoms. The number of rotatable bonds is 0. The average molecular weight is 188 g/mol. The van der Waals surface area contributed by atoms with E-state index >= 15 is 0 Å². The van der Waals surface area contributed by atoms with Gasteiger partial charge in [0.2, 0.25) is 0 Å². The molecule has 0 fully saturated rings. The molecule has 0 heterocycles. The van der Waals surface area contributed by atoms with Crippen molar-refractivity contribution in [1.82, 2.24) is 0 Å². The summed E-state index contributed by atoms with van der Waals surface area (Å²) in [5, 5.41) is 0. The fourth-order valence-corrected chi connectivity index (χ4v) is 0. The minimum absolute atomic E-state index is 0. The monoisotopic (exact) mass is 190 g/mol. The molecule has 2 N–H and O–H groups in total. The van der Waals surface area contributed by atoms with Gasteiger partial charge < -0.3 is 5.48 Å². The third-order valence-corrected chi connectivity index (χ3v) is 0. The zero-order valence-electron chi connectivity index (χ0n) is 2.13. The van der Waals surface area contributed by atoms with E-state index in [4.69, 9.17) is 10.2 Å². The fraction of sp³-hybridized carbons (Fsp3) is 0. The van der Waals surface area contributed by atoms with Crippen LogP contribution in [-0.4, -0.2) is 28.5 Å². The summed E-state index contributed by atoms with van der Waals surface area (Å²) < 4.78 is 25.8. The molecule has 0 saturated carbocycles. The van der Waals surface area contributed by atoms with E-state index in [1.807, 2.05) is 0 Å². The summed E-state index contributed by atoms with van der Waals surface area (Å²) in [6.07, 6.45) is 0. The fourth-order valence-electron chi connectivity index (χ4n) is 0. The topological polar surface area (TPSA) is 82.7 Å². The van der Waals surface area contributed by atoms with E-state index in [0.29, 0.717) is 0 Å². The molecule has 0 atom stereocenters. The van der Waals surface area contributed by atoms with Crippen molar-refractivity contribution in [1.29, 1.82) is 0 Å². The standard InChI is InChI=1S/Mg.Mo.H2O.3O.2H/h;;1H2;;;;;. The Labute approximate surface area is 55.8 Å². The summed E-state index contributed by atoms with van der Waals surface area (Å²) in [6.45, 7) is 0. The van der Waals surface area contributed by atoms with Crippen molar-refractivity contribution in [2.45, 2.75) is 0 Å². The molecule has 0 bridgehead atoms. The van der Waals surface area contributed by atoms with Crippen LogP contribution in [0.25, 0.3) is 0 Å². The van der Waals surface area contributed by atoms with Gasteiger partial charge in [0.25, 0.3) is 0 Å². The van der Waals surface area contributed by atoms with Gasteiger partial charge in [0.1, 0.15) is 0 Å². The van der Waals surface area contributed by atoms with E-state index in [1.54, 1.807) is 0 Å². The van der Waals surface area contributed by atoms with Crippen molar-refractivity contribution in [3.05, 3.63) is 0 Å². The van der Waals surface area contributed by atoms with Crippen molar-refractivity contribution >= 4 is 23.1 Å². The first-order valence-corrected chi connectivity index (χ1v) is 2.96. The van der Waals surface area contributed by atoms with E-state index in [1.165, 1.54) is 0 Å². The second-order valence-electron chi connectivity index (χ2n) is 0.204. The molecule has 0 aromatic heterocycles. The predicted molar refractivity (Wildman–Crippen MR) is 14.2 cm³/mol. The summed E-state index contributed by atoms with van der Waals surface area (Å²) >= 11 is -4.11. The predicted octanol–water partition coefficient (Wildman–Crippen LogP) is -2.10. The Hall–Kier alpha value is 0.815. The quantitative estimate of drug-likeness (QED) is 0.408. The van der Waals surface area contributed by atoms with Crippen LogP contribution < -0.4 is 0 Å². The van der Waals surface area contributed by atoms with Crippen molar-refractivity contribution < 1.29 is 32.9 Å². The maximum absolute atomic E-state index is 8.59. The van der Waals surface area contributed by atoms with Crippen LogP contribution in [-0.2, 0) is 27.4 Å². The first kappa shape index (κ1) is 15.8. The van der Waals surface area contributed by atoms with Gasteiger partial charge in [-0.05, 0) is 0 Å². The molecule has 0 radical (unpaired) electrons. The normalized spacial score (nSPS) is 4.00. The summed E-state index contributed by atoms with van der Waals surface area (Å²) in [6, 6.07) is 0. The average Bonchev–Trinajstić information content (AvgIpc) is 0.811. The molecule has 0 aromatic carbocycles. The summed E-state index contributed by atoms with van der Waals surface area (Å²) in [5.41, 5.74) is 0. The van der Waals surface area contributed by atoms with E-state index in [-0.39, 0.29) is 28.5 Å². The Bertz CT molecular complexity index is 76.9. The van der Waals surface area contributed by atoms with Crippen molar-refractivity contribution in [2.75, 3.05) is 0 Å². The van der Waals surface area contributed by atoms with Crippen LogP contribution in [0.4, 0.5) is 0 Å². The van der Waals surface area contributed by atoms with Crippen LogP contribution in [0.5, 0.6) is 0 Å². The molecule has 0 amide bonds. The van der Waals surface area contributed by atoms with Crippen LogP contribution in [0, 0.1) is 0 Å². The zero-order chi connectivity index (χ0) is 3.58. The molecule has 36 valence electrons. The van der Waals surface area contributed by atoms with Crippen molar-refractivity contribution in [3.8, 4) is 0 Å². The van der Waals surface area contributed by atoms with Crippen LogP contribution in [0.2, 0.25) is 0 Å². The molecule has 0 aromatic rings. The first-order chi connectivity index (χ1) is 1.73. The Morgan fingerprint density at radius 3 is 1.00 bits per heavy atom. The van der Waals surface area contributed by atoms with Gasteiger partial charge in [-0.15, -0.1) is 0 Å². The first-order valence-electron chi connectivity index (χ1n) is 0.500. The van der Waals surface area contributed by atoms with Gasteiger partial charge in [-0.25, -0.2) is 0 Å². The van der Waals surface area contributed by atoms with E-state index < -0.39 is 17.2 Å². The molecule has 6 heteroatoms. The van der Waals surface area contributed by atoms with E-state index in [2.05, 4.69) is 0 Å². The third kappa shape index (κ3) is 106. The van der Waals surface area contributed by atoms with Gasteiger partial charge in [-0.3, -0.25) is 0 Å². The number of hydrogen-bond acceptors (Lipinski definition) is 3. The summed E-state index contributed by atoms with van der Waals surface area (Å²) in [4.78, 5) is 0.